The summed E-state index contributed by atoms with van der Waals surface area (Å²) in [6.07, 6.45) is 0. The van der Waals surface area contributed by atoms with Crippen LogP contribution < -0.4 is 0 Å². The Morgan fingerprint density at radius 2 is 2.14 bits per heavy atom. The van der Waals surface area contributed by atoms with Crippen molar-refractivity contribution >= 4 is 10.6 Å². The van der Waals surface area contributed by atoms with Gasteiger partial charge in [-0.3, -0.25) is 0 Å². The second-order valence-electron chi connectivity index (χ2n) is 1.46. The van der Waals surface area contributed by atoms with Gasteiger partial charge in [-0.2, -0.15) is 0 Å². The van der Waals surface area contributed by atoms with E-state index in [0.29, 0.717) is 5.57 Å². The molecule has 0 bridgehead atoms. The van der Waals surface area contributed by atoms with E-state index in [0.717, 1.165) is 5.41 Å². The Labute approximate surface area is 45.9 Å². The Hall–Kier alpha value is -0.310. The minimum Gasteiger partial charge on any atom is -0.227 e. The average molecular weight is 121 g/mol. The highest BCUT2D eigenvalue weighted by Crippen LogP contribution is 1.85. The first-order valence-corrected chi connectivity index (χ1v) is 3.00. The molecule has 0 aliphatic heterocycles. The number of hydrogen-bond donors (Lipinski definition) is 1. The molecular weight excluding hydrogens is 112 g/mol. The van der Waals surface area contributed by atoms with Crippen molar-refractivity contribution in [3.63, 3.8) is 0 Å². The molecule has 0 N–H and O–H groups in total. The molecular formula is C4H8O2S. The van der Waals surface area contributed by atoms with Crippen LogP contribution in [0.1, 0.15) is 13.8 Å². The van der Waals surface area contributed by atoms with Crippen molar-refractivity contribution in [2.45, 2.75) is 13.8 Å². The lowest BCUT2D eigenvalue weighted by Gasteiger charge is -1.75. The molecule has 0 amide bonds. The van der Waals surface area contributed by atoms with E-state index in [1.165, 1.54) is 0 Å². The van der Waals surface area contributed by atoms with E-state index in [4.69, 9.17) is 1.12 Å². The van der Waals surface area contributed by atoms with Crippen molar-refractivity contribution in [3.05, 3.63) is 11.0 Å². The topological polar surface area (TPSA) is 34.1 Å². The Morgan fingerprint density at radius 3 is 2.14 bits per heavy atom. The second-order valence-corrected chi connectivity index (χ2v) is 2.21. The normalized spacial score (nSPS) is 12.6. The maximum absolute atomic E-state index is 10.0. The predicted molar refractivity (Wildman–Crippen MR) is 29.7 cm³/mol. The van der Waals surface area contributed by atoms with Crippen molar-refractivity contribution in [2.24, 2.45) is 0 Å². The monoisotopic (exact) mass is 121 g/mol. The van der Waals surface area contributed by atoms with Gasteiger partial charge in [-0.05, 0) is 13.8 Å². The minimum absolute atomic E-state index is 0.625. The first-order valence-electron chi connectivity index (χ1n) is 2.27. The first kappa shape index (κ1) is 4.84. The van der Waals surface area contributed by atoms with Gasteiger partial charge in [-0.15, -0.1) is 0 Å². The molecule has 2 nitrogen and oxygen atoms in total. The Morgan fingerprint density at radius 1 is 1.71 bits per heavy atom. The van der Waals surface area contributed by atoms with Crippen molar-refractivity contribution in [2.75, 3.05) is 0 Å². The Bertz CT molecular complexity index is 186. The summed E-state index contributed by atoms with van der Waals surface area (Å²) in [6.45, 7) is 3.26. The van der Waals surface area contributed by atoms with Crippen molar-refractivity contribution in [1.29, 1.82) is 1.12 Å². The smallest absolute Gasteiger partial charge is 0.179 e. The molecule has 0 saturated heterocycles. The van der Waals surface area contributed by atoms with Gasteiger partial charge in [-0.25, -0.2) is 8.42 Å². The van der Waals surface area contributed by atoms with Crippen LogP contribution in [-0.2, 0) is 10.6 Å². The zero-order valence-electron chi connectivity index (χ0n) is 5.30. The minimum atomic E-state index is -3.64. The molecule has 0 fully saturated rings. The van der Waals surface area contributed by atoms with Crippen molar-refractivity contribution in [1.82, 2.24) is 0 Å². The van der Waals surface area contributed by atoms with Gasteiger partial charge < -0.3 is 0 Å². The number of thiol groups is 1. The standard InChI is InChI=1S/C4H8O2S/c1-4(2)3-7(5)6/h3,7H,1-2H3/i7D. The third-order valence-electron chi connectivity index (χ3n) is 0.332. The van der Waals surface area contributed by atoms with E-state index >= 15 is 0 Å². The van der Waals surface area contributed by atoms with Crippen LogP contribution in [-0.4, -0.2) is 9.54 Å². The summed E-state index contributed by atoms with van der Waals surface area (Å²) >= 11 is 0. The zero-order chi connectivity index (χ0) is 6.78. The summed E-state index contributed by atoms with van der Waals surface area (Å²) < 4.78 is 26.4. The molecule has 0 aromatic rings. The van der Waals surface area contributed by atoms with E-state index in [9.17, 15) is 8.42 Å². The molecule has 0 radical (unpaired) electrons. The van der Waals surface area contributed by atoms with E-state index in [1.54, 1.807) is 13.8 Å². The van der Waals surface area contributed by atoms with Crippen molar-refractivity contribution in [3.8, 4) is 0 Å². The lowest BCUT2D eigenvalue weighted by atomic mass is 10.4. The van der Waals surface area contributed by atoms with Gasteiger partial charge in [0, 0.05) is 5.41 Å². The fourth-order valence-electron chi connectivity index (χ4n) is 0.192. The molecule has 0 aromatic heterocycles. The van der Waals surface area contributed by atoms with Gasteiger partial charge in [0.1, 0.15) is 0 Å². The highest BCUT2D eigenvalue weighted by molar-refractivity contribution is 7.75. The summed E-state index contributed by atoms with van der Waals surface area (Å²) in [5.41, 5.74) is 0.625. The quantitative estimate of drug-likeness (QED) is 0.513. The van der Waals surface area contributed by atoms with Gasteiger partial charge >= 0.3 is 0 Å². The Balaban J connectivity index is 4.36. The van der Waals surface area contributed by atoms with Crippen molar-refractivity contribution < 1.29 is 8.42 Å². The van der Waals surface area contributed by atoms with Gasteiger partial charge in [0.15, 0.2) is 11.7 Å². The molecule has 0 aliphatic carbocycles. The van der Waals surface area contributed by atoms with Gasteiger partial charge in [0.2, 0.25) is 0 Å². The average Bonchev–Trinajstić information content (AvgIpc) is 1.21. The van der Waals surface area contributed by atoms with E-state index in [2.05, 4.69) is 0 Å². The summed E-state index contributed by atoms with van der Waals surface area (Å²) in [6, 6.07) is 0. The van der Waals surface area contributed by atoms with Crippen LogP contribution in [0.2, 0.25) is 0 Å². The molecule has 0 heterocycles. The highest BCUT2D eigenvalue weighted by Gasteiger charge is 1.73. The van der Waals surface area contributed by atoms with E-state index in [-0.39, 0.29) is 0 Å². The third kappa shape index (κ3) is 5.69. The number of allylic oxidation sites excluding steroid dienone is 1. The molecule has 0 spiro atoms. The lowest BCUT2D eigenvalue weighted by molar-refractivity contribution is 0.621. The van der Waals surface area contributed by atoms with E-state index in [1.807, 2.05) is 0 Å². The number of hydrogen-bond acceptors (Lipinski definition) is 2. The molecule has 0 unspecified atom stereocenters. The molecule has 42 valence electrons. The van der Waals surface area contributed by atoms with Gasteiger partial charge in [-0.1, -0.05) is 5.57 Å². The molecule has 0 rings (SSSR count). The molecule has 7 heavy (non-hydrogen) atoms. The first-order chi connectivity index (χ1) is 3.42. The fourth-order valence-corrected chi connectivity index (χ4v) is 0.577. The van der Waals surface area contributed by atoms with Crippen LogP contribution in [0.4, 0.5) is 0 Å². The van der Waals surface area contributed by atoms with Crippen LogP contribution in [0.3, 0.4) is 0 Å². The molecule has 0 aliphatic rings. The maximum Gasteiger partial charge on any atom is 0.179 e. The molecule has 3 heteroatoms. The van der Waals surface area contributed by atoms with Crippen LogP contribution in [0.5, 0.6) is 0 Å². The molecule has 0 atom stereocenters. The van der Waals surface area contributed by atoms with Crippen LogP contribution in [0.15, 0.2) is 11.0 Å². The van der Waals surface area contributed by atoms with E-state index < -0.39 is 10.6 Å². The van der Waals surface area contributed by atoms with Crippen LogP contribution >= 0.6 is 0 Å². The predicted octanol–water partition coefficient (Wildman–Crippen LogP) is 0.522. The van der Waals surface area contributed by atoms with Crippen LogP contribution in [0.25, 0.3) is 0 Å². The fraction of sp³-hybridized carbons (Fsp3) is 0.500. The Kier molecular flexibility index (Phi) is 1.93. The largest absolute Gasteiger partial charge is 0.227 e. The summed E-state index contributed by atoms with van der Waals surface area (Å²) in [5, 5.41) is 0.910. The number of rotatable bonds is 1. The van der Waals surface area contributed by atoms with Crippen LogP contribution in [0, 0.1) is 0 Å². The van der Waals surface area contributed by atoms with Gasteiger partial charge in [0.25, 0.3) is 0 Å². The summed E-state index contributed by atoms with van der Waals surface area (Å²) in [5.74, 6) is 0. The lowest BCUT2D eigenvalue weighted by Crippen LogP contribution is -1.66. The van der Waals surface area contributed by atoms with Gasteiger partial charge in [0.05, 0.1) is 0 Å². The highest BCUT2D eigenvalue weighted by atomic mass is 32.2. The SMILES string of the molecule is [2H]S(=O)(=O)C=C(C)C. The summed E-state index contributed by atoms with van der Waals surface area (Å²) in [7, 11) is -3.64. The maximum atomic E-state index is 10.0. The second kappa shape index (κ2) is 2.80. The molecule has 0 aromatic carbocycles. The zero-order valence-corrected chi connectivity index (χ0v) is 5.12. The molecule has 0 saturated carbocycles. The third-order valence-corrected chi connectivity index (χ3v) is 0.996. The summed E-state index contributed by atoms with van der Waals surface area (Å²) in [4.78, 5) is 0.